The van der Waals surface area contributed by atoms with E-state index in [1.807, 2.05) is 34.1 Å². The molecule has 0 aromatic rings. The normalized spacial score (nSPS) is 6.92. The third kappa shape index (κ3) is 62.0. The molecule has 83 valence electrons. The fourth-order valence-corrected chi connectivity index (χ4v) is 0. The summed E-state index contributed by atoms with van der Waals surface area (Å²) in [5.41, 5.74) is 0. The molecule has 13 heavy (non-hydrogen) atoms. The first-order valence-electron chi connectivity index (χ1n) is 4.60. The van der Waals surface area contributed by atoms with Crippen LogP contribution in [0.1, 0.15) is 62.8 Å². The van der Waals surface area contributed by atoms with E-state index in [-0.39, 0.29) is 40.1 Å². The fourth-order valence-electron chi connectivity index (χ4n) is 0. The molecule has 0 N–H and O–H groups in total. The molecule has 0 rings (SSSR count). The van der Waals surface area contributed by atoms with Crippen LogP contribution in [0, 0.1) is 18.3 Å². The van der Waals surface area contributed by atoms with E-state index in [0.717, 1.165) is 5.92 Å². The molecular weight excluding hydrogens is 233 g/mol. The van der Waals surface area contributed by atoms with Gasteiger partial charge in [-0.1, -0.05) is 35.1 Å². The van der Waals surface area contributed by atoms with Gasteiger partial charge in [0.05, 0.1) is 0 Å². The summed E-state index contributed by atoms with van der Waals surface area (Å²) < 4.78 is 0. The van der Waals surface area contributed by atoms with Crippen LogP contribution in [-0.4, -0.2) is 0 Å². The standard InChI is InChI=1S/C6H13.C3H7.C2H6.CH4.Y/c1-5(2)6(3)4;1-3-2;1-2;;/h5H,1-4H3;3H,1-2H3;1-2H3;1H4;/q2*-1;;;. The van der Waals surface area contributed by atoms with Crippen molar-refractivity contribution >= 4 is 0 Å². The largest absolute Gasteiger partial charge is 0.335 e. The van der Waals surface area contributed by atoms with Crippen LogP contribution in [0.25, 0.3) is 0 Å². The van der Waals surface area contributed by atoms with Gasteiger partial charge in [0, 0.05) is 32.7 Å². The zero-order valence-electron chi connectivity index (χ0n) is 10.2. The van der Waals surface area contributed by atoms with Crippen molar-refractivity contribution in [3.8, 4) is 0 Å². The van der Waals surface area contributed by atoms with Gasteiger partial charge in [-0.2, -0.15) is 33.6 Å². The summed E-state index contributed by atoms with van der Waals surface area (Å²) in [6.07, 6.45) is 2.00. The van der Waals surface area contributed by atoms with Crippen molar-refractivity contribution in [2.75, 3.05) is 0 Å². The van der Waals surface area contributed by atoms with Gasteiger partial charge in [0.1, 0.15) is 0 Å². The number of hydrogen-bond acceptors (Lipinski definition) is 0. The Morgan fingerprint density at radius 1 is 1.00 bits per heavy atom. The average Bonchev–Trinajstić information content (AvgIpc) is 1.93. The Labute approximate surface area is 113 Å². The molecule has 0 heterocycles. The van der Waals surface area contributed by atoms with E-state index in [1.54, 1.807) is 0 Å². The monoisotopic (exact) mass is 263 g/mol. The summed E-state index contributed by atoms with van der Waals surface area (Å²) in [7, 11) is 0. The SMILES string of the molecule is C.CC.C[C-](C)C(C)C.C[CH-]C.[Y]. The average molecular weight is 263 g/mol. The van der Waals surface area contributed by atoms with E-state index in [9.17, 15) is 0 Å². The van der Waals surface area contributed by atoms with E-state index in [0.29, 0.717) is 0 Å². The smallest absolute Gasteiger partial charge is 0 e. The van der Waals surface area contributed by atoms with Gasteiger partial charge < -0.3 is 12.3 Å². The minimum Gasteiger partial charge on any atom is -0.335 e. The van der Waals surface area contributed by atoms with Gasteiger partial charge in [-0.25, -0.2) is 0 Å². The molecule has 0 amide bonds. The van der Waals surface area contributed by atoms with Crippen molar-refractivity contribution in [2.45, 2.75) is 62.8 Å². The number of rotatable bonds is 1. The Bertz CT molecular complexity index is 34.4. The van der Waals surface area contributed by atoms with Gasteiger partial charge >= 0.3 is 0 Å². The topological polar surface area (TPSA) is 0 Å². The minimum atomic E-state index is 0. The quantitative estimate of drug-likeness (QED) is 0.574. The van der Waals surface area contributed by atoms with Gasteiger partial charge in [0.2, 0.25) is 0 Å². The van der Waals surface area contributed by atoms with Crippen LogP contribution in [-0.2, 0) is 32.7 Å². The summed E-state index contributed by atoms with van der Waals surface area (Å²) in [6.45, 7) is 16.7. The van der Waals surface area contributed by atoms with E-state index in [1.165, 1.54) is 5.92 Å². The molecular formula is C12H30Y-2. The minimum absolute atomic E-state index is 0. The molecule has 0 saturated heterocycles. The summed E-state index contributed by atoms with van der Waals surface area (Å²) in [6, 6.07) is 0. The Morgan fingerprint density at radius 2 is 1.08 bits per heavy atom. The molecule has 0 aliphatic heterocycles. The second-order valence-corrected chi connectivity index (χ2v) is 2.81. The molecule has 0 aromatic carbocycles. The molecule has 0 aromatic heterocycles. The molecule has 0 spiro atoms. The van der Waals surface area contributed by atoms with Crippen molar-refractivity contribution in [2.24, 2.45) is 5.92 Å². The van der Waals surface area contributed by atoms with Crippen molar-refractivity contribution in [1.29, 1.82) is 0 Å². The predicted molar refractivity (Wildman–Crippen MR) is 63.2 cm³/mol. The molecule has 1 radical (unpaired) electrons. The maximum absolute atomic E-state index is 2.20. The second-order valence-electron chi connectivity index (χ2n) is 2.81. The van der Waals surface area contributed by atoms with Crippen LogP contribution in [0.4, 0.5) is 0 Å². The van der Waals surface area contributed by atoms with Crippen LogP contribution in [0.15, 0.2) is 0 Å². The van der Waals surface area contributed by atoms with Gasteiger partial charge in [0.25, 0.3) is 0 Å². The Balaban J connectivity index is -0.0000000268. The second kappa shape index (κ2) is 29.2. The molecule has 0 fully saturated rings. The van der Waals surface area contributed by atoms with Gasteiger partial charge in [-0.15, -0.1) is 0 Å². The molecule has 0 saturated carbocycles. The van der Waals surface area contributed by atoms with Crippen LogP contribution >= 0.6 is 0 Å². The van der Waals surface area contributed by atoms with E-state index in [2.05, 4.69) is 27.7 Å². The summed E-state index contributed by atoms with van der Waals surface area (Å²) >= 11 is 0. The van der Waals surface area contributed by atoms with Crippen molar-refractivity contribution in [3.05, 3.63) is 12.3 Å². The molecule has 1 heteroatoms. The maximum Gasteiger partial charge on any atom is 0 e. The van der Waals surface area contributed by atoms with Crippen molar-refractivity contribution < 1.29 is 32.7 Å². The zero-order chi connectivity index (χ0) is 9.86. The first-order chi connectivity index (χ1) is 5.06. The zero-order valence-corrected chi connectivity index (χ0v) is 13.1. The van der Waals surface area contributed by atoms with E-state index < -0.39 is 0 Å². The van der Waals surface area contributed by atoms with Crippen LogP contribution < -0.4 is 0 Å². The predicted octanol–water partition coefficient (Wildman–Crippen LogP) is 5.15. The first kappa shape index (κ1) is 29.2. The van der Waals surface area contributed by atoms with Gasteiger partial charge in [-0.05, 0) is 0 Å². The van der Waals surface area contributed by atoms with E-state index >= 15 is 0 Å². The Morgan fingerprint density at radius 3 is 1.08 bits per heavy atom. The summed E-state index contributed by atoms with van der Waals surface area (Å²) in [4.78, 5) is 0. The molecule has 0 aliphatic rings. The third-order valence-corrected chi connectivity index (χ3v) is 1.15. The van der Waals surface area contributed by atoms with Gasteiger partial charge in [0.15, 0.2) is 0 Å². The Hall–Kier alpha value is 1.10. The fraction of sp³-hybridized carbons (Fsp3) is 0.833. The Kier molecular flexibility index (Phi) is 65.7. The van der Waals surface area contributed by atoms with Crippen LogP contribution in [0.5, 0.6) is 0 Å². The molecule has 0 nitrogen and oxygen atoms in total. The molecule has 0 unspecified atom stereocenters. The molecule has 0 atom stereocenters. The van der Waals surface area contributed by atoms with Crippen molar-refractivity contribution in [1.82, 2.24) is 0 Å². The van der Waals surface area contributed by atoms with E-state index in [4.69, 9.17) is 0 Å². The van der Waals surface area contributed by atoms with Gasteiger partial charge in [-0.3, -0.25) is 0 Å². The summed E-state index contributed by atoms with van der Waals surface area (Å²) in [5, 5.41) is 0. The number of hydrogen-bond donors (Lipinski definition) is 0. The molecule has 0 aliphatic carbocycles. The summed E-state index contributed by atoms with van der Waals surface area (Å²) in [5.74, 6) is 2.28. The van der Waals surface area contributed by atoms with Crippen molar-refractivity contribution in [3.63, 3.8) is 0 Å². The van der Waals surface area contributed by atoms with Crippen LogP contribution in [0.3, 0.4) is 0 Å². The third-order valence-electron chi connectivity index (χ3n) is 1.15. The van der Waals surface area contributed by atoms with Crippen LogP contribution in [0.2, 0.25) is 0 Å². The maximum atomic E-state index is 2.20. The first-order valence-corrected chi connectivity index (χ1v) is 4.60. The molecule has 0 bridgehead atoms.